The number of alkyl halides is 3. The Balaban J connectivity index is 1.51. The summed E-state index contributed by atoms with van der Waals surface area (Å²) in [5.41, 5.74) is 1.16. The molecule has 0 saturated carbocycles. The number of benzene rings is 1. The topological polar surface area (TPSA) is 70.7 Å². The Hall–Kier alpha value is -3.76. The van der Waals surface area contributed by atoms with E-state index in [1.807, 2.05) is 19.2 Å². The van der Waals surface area contributed by atoms with E-state index in [9.17, 15) is 17.6 Å². The number of nitrogens with zero attached hydrogens (tertiary/aromatic N) is 6. The second kappa shape index (κ2) is 8.23. The molecule has 4 aromatic rings. The van der Waals surface area contributed by atoms with Crippen molar-refractivity contribution in [2.45, 2.75) is 38.4 Å². The summed E-state index contributed by atoms with van der Waals surface area (Å²) in [6, 6.07) is 6.19. The SMILES string of the molecule is COc1nc(-c2nc3n(n2)CCC[C@@H]3c2ccc(C(F)(F)F)cc2F)ccc1-n1cnc(C)c1. The molecule has 0 aliphatic carbocycles. The van der Waals surface area contributed by atoms with E-state index in [0.29, 0.717) is 54.4 Å². The molecule has 1 aliphatic rings. The normalized spacial score (nSPS) is 15.9. The number of methoxy groups -OCH3 is 1. The molecular formula is C23H20F4N6O. The highest BCUT2D eigenvalue weighted by atomic mass is 19.4. The average molecular weight is 472 g/mol. The standard InChI is InChI=1S/C23H20F4N6O/c1-13-11-32(12-28-13)19-8-7-18(29-22(19)34-2)20-30-21-16(4-3-9-33(21)31-20)15-6-5-14(10-17(15)24)23(25,26)27/h5-8,10-12,16H,3-4,9H2,1-2H3/t16-/m1/s1. The van der Waals surface area contributed by atoms with Gasteiger partial charge in [-0.25, -0.2) is 24.0 Å². The molecule has 1 aliphatic heterocycles. The summed E-state index contributed by atoms with van der Waals surface area (Å²) in [4.78, 5) is 13.3. The van der Waals surface area contributed by atoms with Crippen LogP contribution in [0, 0.1) is 12.7 Å². The zero-order chi connectivity index (χ0) is 24.0. The van der Waals surface area contributed by atoms with Crippen molar-refractivity contribution in [3.8, 4) is 23.1 Å². The van der Waals surface area contributed by atoms with Gasteiger partial charge in [-0.05, 0) is 49.6 Å². The highest BCUT2D eigenvalue weighted by Crippen LogP contribution is 2.37. The van der Waals surface area contributed by atoms with Crippen LogP contribution in [0.25, 0.3) is 17.2 Å². The van der Waals surface area contributed by atoms with Crippen molar-refractivity contribution < 1.29 is 22.3 Å². The maximum absolute atomic E-state index is 14.7. The predicted molar refractivity (Wildman–Crippen MR) is 114 cm³/mol. The van der Waals surface area contributed by atoms with Gasteiger partial charge in [0.2, 0.25) is 5.88 Å². The van der Waals surface area contributed by atoms with Crippen LogP contribution in [0.1, 0.15) is 41.4 Å². The summed E-state index contributed by atoms with van der Waals surface area (Å²) in [5.74, 6) is -0.228. The summed E-state index contributed by atoms with van der Waals surface area (Å²) >= 11 is 0. The monoisotopic (exact) mass is 472 g/mol. The molecule has 0 N–H and O–H groups in total. The molecule has 0 bridgehead atoms. The maximum Gasteiger partial charge on any atom is 0.416 e. The van der Waals surface area contributed by atoms with Crippen LogP contribution in [-0.2, 0) is 12.7 Å². The van der Waals surface area contributed by atoms with Gasteiger partial charge in [0.25, 0.3) is 0 Å². The zero-order valence-electron chi connectivity index (χ0n) is 18.3. The number of rotatable bonds is 4. The Morgan fingerprint density at radius 3 is 2.62 bits per heavy atom. The Morgan fingerprint density at radius 1 is 1.12 bits per heavy atom. The van der Waals surface area contributed by atoms with Crippen molar-refractivity contribution in [3.05, 3.63) is 71.3 Å². The number of hydrogen-bond donors (Lipinski definition) is 0. The predicted octanol–water partition coefficient (Wildman–Crippen LogP) is 4.93. The van der Waals surface area contributed by atoms with Crippen LogP contribution in [0.5, 0.6) is 5.88 Å². The lowest BCUT2D eigenvalue weighted by Crippen LogP contribution is -2.19. The molecule has 0 fully saturated rings. The van der Waals surface area contributed by atoms with Gasteiger partial charge in [0.05, 0.1) is 24.7 Å². The van der Waals surface area contributed by atoms with E-state index in [2.05, 4.69) is 20.1 Å². The molecule has 7 nitrogen and oxygen atoms in total. The van der Waals surface area contributed by atoms with Gasteiger partial charge in [-0.3, -0.25) is 0 Å². The largest absolute Gasteiger partial charge is 0.479 e. The smallest absolute Gasteiger partial charge is 0.416 e. The summed E-state index contributed by atoms with van der Waals surface area (Å²) in [5, 5.41) is 4.53. The molecule has 4 heterocycles. The number of hydrogen-bond acceptors (Lipinski definition) is 5. The molecule has 5 rings (SSSR count). The first kappa shape index (κ1) is 22.1. The van der Waals surface area contributed by atoms with Crippen LogP contribution in [0.2, 0.25) is 0 Å². The molecular weight excluding hydrogens is 452 g/mol. The van der Waals surface area contributed by atoms with Gasteiger partial charge in [0.1, 0.15) is 23.0 Å². The molecule has 1 aromatic carbocycles. The lowest BCUT2D eigenvalue weighted by atomic mass is 9.90. The van der Waals surface area contributed by atoms with Crippen molar-refractivity contribution in [1.29, 1.82) is 0 Å². The molecule has 1 atom stereocenters. The van der Waals surface area contributed by atoms with E-state index in [4.69, 9.17) is 4.74 Å². The maximum atomic E-state index is 14.7. The third-order valence-electron chi connectivity index (χ3n) is 5.83. The van der Waals surface area contributed by atoms with E-state index in [-0.39, 0.29) is 5.56 Å². The fourth-order valence-corrected chi connectivity index (χ4v) is 4.20. The molecule has 0 amide bonds. The number of aromatic nitrogens is 6. The number of pyridine rings is 1. The molecule has 3 aromatic heterocycles. The molecule has 11 heteroatoms. The molecule has 0 unspecified atom stereocenters. The van der Waals surface area contributed by atoms with Crippen LogP contribution in [0.3, 0.4) is 0 Å². The Bertz CT molecular complexity index is 1360. The lowest BCUT2D eigenvalue weighted by Gasteiger charge is -2.23. The van der Waals surface area contributed by atoms with Gasteiger partial charge in [-0.2, -0.15) is 13.2 Å². The minimum Gasteiger partial charge on any atom is -0.479 e. The van der Waals surface area contributed by atoms with E-state index >= 15 is 0 Å². The average Bonchev–Trinajstić information content (AvgIpc) is 3.44. The summed E-state index contributed by atoms with van der Waals surface area (Å²) in [6.07, 6.45) is 0.138. The molecule has 0 saturated heterocycles. The quantitative estimate of drug-likeness (QED) is 0.394. The van der Waals surface area contributed by atoms with Gasteiger partial charge in [-0.1, -0.05) is 6.07 Å². The molecule has 0 spiro atoms. The van der Waals surface area contributed by atoms with Crippen molar-refractivity contribution in [2.24, 2.45) is 0 Å². The van der Waals surface area contributed by atoms with E-state index < -0.39 is 23.5 Å². The van der Waals surface area contributed by atoms with E-state index in [1.165, 1.54) is 13.2 Å². The number of ether oxygens (including phenoxy) is 1. The summed E-state index contributed by atoms with van der Waals surface area (Å²) in [6.45, 7) is 2.45. The minimum absolute atomic E-state index is 0.171. The number of halogens is 4. The minimum atomic E-state index is -4.61. The van der Waals surface area contributed by atoms with Gasteiger partial charge in [0.15, 0.2) is 5.82 Å². The Kier molecular flexibility index (Phi) is 5.34. The highest BCUT2D eigenvalue weighted by molar-refractivity contribution is 5.55. The molecule has 176 valence electrons. The first-order valence-electron chi connectivity index (χ1n) is 10.6. The number of fused-ring (bicyclic) bond motifs is 1. The van der Waals surface area contributed by atoms with Crippen LogP contribution < -0.4 is 4.74 Å². The third kappa shape index (κ3) is 3.91. The van der Waals surface area contributed by atoms with Crippen LogP contribution in [-0.4, -0.2) is 36.4 Å². The Morgan fingerprint density at radius 2 is 1.94 bits per heavy atom. The second-order valence-corrected chi connectivity index (χ2v) is 8.09. The highest BCUT2D eigenvalue weighted by Gasteiger charge is 2.33. The number of aryl methyl sites for hydroxylation is 2. The summed E-state index contributed by atoms with van der Waals surface area (Å²) in [7, 11) is 1.51. The first-order valence-corrected chi connectivity index (χ1v) is 10.6. The van der Waals surface area contributed by atoms with Crippen LogP contribution >= 0.6 is 0 Å². The molecule has 34 heavy (non-hydrogen) atoms. The van der Waals surface area contributed by atoms with Crippen molar-refractivity contribution in [2.75, 3.05) is 7.11 Å². The van der Waals surface area contributed by atoms with Gasteiger partial charge in [-0.15, -0.1) is 5.10 Å². The van der Waals surface area contributed by atoms with Gasteiger partial charge in [0, 0.05) is 18.7 Å². The fraction of sp³-hybridized carbons (Fsp3) is 0.304. The fourth-order valence-electron chi connectivity index (χ4n) is 4.20. The van der Waals surface area contributed by atoms with Crippen molar-refractivity contribution in [3.63, 3.8) is 0 Å². The third-order valence-corrected chi connectivity index (χ3v) is 5.83. The van der Waals surface area contributed by atoms with Gasteiger partial charge < -0.3 is 9.30 Å². The van der Waals surface area contributed by atoms with Crippen LogP contribution in [0.4, 0.5) is 17.6 Å². The zero-order valence-corrected chi connectivity index (χ0v) is 18.3. The van der Waals surface area contributed by atoms with E-state index in [0.717, 1.165) is 11.8 Å². The van der Waals surface area contributed by atoms with Crippen molar-refractivity contribution in [1.82, 2.24) is 29.3 Å². The van der Waals surface area contributed by atoms with E-state index in [1.54, 1.807) is 21.6 Å². The lowest BCUT2D eigenvalue weighted by molar-refractivity contribution is -0.137. The number of imidazole rings is 1. The summed E-state index contributed by atoms with van der Waals surface area (Å²) < 4.78 is 62.5. The van der Waals surface area contributed by atoms with Crippen molar-refractivity contribution >= 4 is 0 Å². The Labute approximate surface area is 192 Å². The first-order chi connectivity index (χ1) is 16.2. The second-order valence-electron chi connectivity index (χ2n) is 8.09. The van der Waals surface area contributed by atoms with Crippen LogP contribution in [0.15, 0.2) is 42.9 Å². The van der Waals surface area contributed by atoms with Gasteiger partial charge >= 0.3 is 6.18 Å². The molecule has 0 radical (unpaired) electrons.